The summed E-state index contributed by atoms with van der Waals surface area (Å²) in [6, 6.07) is 5.37. The van der Waals surface area contributed by atoms with E-state index in [0.29, 0.717) is 17.6 Å². The van der Waals surface area contributed by atoms with Gasteiger partial charge in [-0.05, 0) is 73.8 Å². The van der Waals surface area contributed by atoms with Gasteiger partial charge in [0, 0.05) is 15.3 Å². The summed E-state index contributed by atoms with van der Waals surface area (Å²) in [5.41, 5.74) is 2.03. The van der Waals surface area contributed by atoms with Crippen molar-refractivity contribution in [3.8, 4) is 0 Å². The zero-order chi connectivity index (χ0) is 19.8. The Kier molecular flexibility index (Phi) is 6.20. The fraction of sp³-hybridized carbons (Fsp3) is 0.368. The van der Waals surface area contributed by atoms with Crippen molar-refractivity contribution >= 4 is 49.6 Å². The van der Waals surface area contributed by atoms with Gasteiger partial charge >= 0.3 is 0 Å². The van der Waals surface area contributed by atoms with Crippen LogP contribution >= 0.6 is 39.2 Å². The highest BCUT2D eigenvalue weighted by molar-refractivity contribution is 9.10. The highest BCUT2D eigenvalue weighted by Crippen LogP contribution is 2.33. The Labute approximate surface area is 174 Å². The molecule has 0 aliphatic rings. The third-order valence-corrected chi connectivity index (χ3v) is 6.23. The molecule has 3 aromatic rings. The lowest BCUT2D eigenvalue weighted by atomic mass is 10.0. The first-order chi connectivity index (χ1) is 12.6. The van der Waals surface area contributed by atoms with Gasteiger partial charge in [0.1, 0.15) is 11.6 Å². The molecule has 2 heterocycles. The Hall–Kier alpha value is -1.09. The van der Waals surface area contributed by atoms with Crippen molar-refractivity contribution < 1.29 is 8.78 Å². The quantitative estimate of drug-likeness (QED) is 0.439. The van der Waals surface area contributed by atoms with Crippen molar-refractivity contribution in [1.29, 1.82) is 0 Å². The second-order valence-electron chi connectivity index (χ2n) is 7.28. The number of nitrogens with zero attached hydrogens (tertiary/aromatic N) is 2. The molecule has 2 aromatic heterocycles. The normalized spacial score (nSPS) is 13.3. The van der Waals surface area contributed by atoms with Crippen LogP contribution in [0.1, 0.15) is 43.1 Å². The molecular formula is C19H20BrF2N3S2. The van der Waals surface area contributed by atoms with E-state index in [2.05, 4.69) is 46.4 Å². The van der Waals surface area contributed by atoms with Gasteiger partial charge in [-0.3, -0.25) is 4.72 Å². The number of pyridine rings is 1. The van der Waals surface area contributed by atoms with Gasteiger partial charge in [-0.25, -0.2) is 18.7 Å². The van der Waals surface area contributed by atoms with Gasteiger partial charge in [-0.15, -0.1) is 11.3 Å². The average molecular weight is 472 g/mol. The summed E-state index contributed by atoms with van der Waals surface area (Å²) < 4.78 is 32.5. The molecule has 3 rings (SSSR count). The molecule has 0 aliphatic carbocycles. The SMILES string of the molecule is Cc1nc2nc(C(Cc3cc(F)cc(F)c3)NSC(C)(C)C)c(Br)cc2s1. The highest BCUT2D eigenvalue weighted by Gasteiger charge is 2.22. The summed E-state index contributed by atoms with van der Waals surface area (Å²) in [6.07, 6.45) is 0.401. The van der Waals surface area contributed by atoms with Gasteiger partial charge in [0.2, 0.25) is 0 Å². The molecule has 1 aromatic carbocycles. The van der Waals surface area contributed by atoms with Gasteiger partial charge in [0.15, 0.2) is 5.65 Å². The maximum Gasteiger partial charge on any atom is 0.170 e. The molecule has 0 aliphatic heterocycles. The second-order valence-corrected chi connectivity index (χ2v) is 11.0. The number of nitrogens with one attached hydrogen (secondary N) is 1. The summed E-state index contributed by atoms with van der Waals surface area (Å²) >= 11 is 6.76. The third kappa shape index (κ3) is 5.47. The maximum atomic E-state index is 13.6. The molecule has 27 heavy (non-hydrogen) atoms. The summed E-state index contributed by atoms with van der Waals surface area (Å²) in [7, 11) is 0. The summed E-state index contributed by atoms with van der Waals surface area (Å²) in [4.78, 5) is 9.20. The fourth-order valence-corrected chi connectivity index (χ4v) is 4.86. The third-order valence-electron chi connectivity index (χ3n) is 3.67. The monoisotopic (exact) mass is 471 g/mol. The molecule has 0 saturated carbocycles. The lowest BCUT2D eigenvalue weighted by Crippen LogP contribution is -2.24. The number of fused-ring (bicyclic) bond motifs is 1. The van der Waals surface area contributed by atoms with Crippen molar-refractivity contribution in [2.24, 2.45) is 0 Å². The Balaban J connectivity index is 1.99. The largest absolute Gasteiger partial charge is 0.254 e. The van der Waals surface area contributed by atoms with E-state index in [1.807, 2.05) is 13.0 Å². The van der Waals surface area contributed by atoms with E-state index in [0.717, 1.165) is 25.9 Å². The smallest absolute Gasteiger partial charge is 0.170 e. The van der Waals surface area contributed by atoms with Gasteiger partial charge in [-0.1, -0.05) is 11.9 Å². The second kappa shape index (κ2) is 8.11. The van der Waals surface area contributed by atoms with Crippen LogP contribution in [-0.2, 0) is 6.42 Å². The maximum absolute atomic E-state index is 13.6. The van der Waals surface area contributed by atoms with Gasteiger partial charge in [-0.2, -0.15) is 0 Å². The molecule has 0 amide bonds. The Bertz CT molecular complexity index is 949. The van der Waals surface area contributed by atoms with E-state index in [1.165, 1.54) is 12.1 Å². The van der Waals surface area contributed by atoms with Crippen LogP contribution < -0.4 is 4.72 Å². The van der Waals surface area contributed by atoms with Crippen molar-refractivity contribution in [1.82, 2.24) is 14.7 Å². The fourth-order valence-electron chi connectivity index (χ4n) is 2.61. The van der Waals surface area contributed by atoms with Crippen LogP contribution in [0.25, 0.3) is 10.3 Å². The van der Waals surface area contributed by atoms with Crippen molar-refractivity contribution in [3.63, 3.8) is 0 Å². The Morgan fingerprint density at radius 3 is 2.44 bits per heavy atom. The molecule has 1 unspecified atom stereocenters. The molecule has 3 nitrogen and oxygen atoms in total. The van der Waals surface area contributed by atoms with Gasteiger partial charge in [0.25, 0.3) is 0 Å². The Morgan fingerprint density at radius 2 is 1.81 bits per heavy atom. The van der Waals surface area contributed by atoms with E-state index in [-0.39, 0.29) is 10.8 Å². The van der Waals surface area contributed by atoms with Crippen LogP contribution in [0.4, 0.5) is 8.78 Å². The number of halogens is 3. The van der Waals surface area contributed by atoms with Crippen LogP contribution in [0.3, 0.4) is 0 Å². The van der Waals surface area contributed by atoms with E-state index in [4.69, 9.17) is 4.98 Å². The van der Waals surface area contributed by atoms with Crippen molar-refractivity contribution in [2.75, 3.05) is 0 Å². The first kappa shape index (κ1) is 20.6. The summed E-state index contributed by atoms with van der Waals surface area (Å²) in [5, 5.41) is 0.947. The van der Waals surface area contributed by atoms with Crippen molar-refractivity contribution in [2.45, 2.75) is 44.9 Å². The predicted octanol–water partition coefficient (Wildman–Crippen LogP) is 6.36. The molecule has 1 N–H and O–H groups in total. The van der Waals surface area contributed by atoms with Crippen LogP contribution in [0.5, 0.6) is 0 Å². The highest BCUT2D eigenvalue weighted by atomic mass is 79.9. The molecular weight excluding hydrogens is 452 g/mol. The minimum atomic E-state index is -0.579. The molecule has 0 radical (unpaired) electrons. The molecule has 1 atom stereocenters. The number of thiazole rings is 1. The zero-order valence-corrected chi connectivity index (χ0v) is 18.7. The standard InChI is InChI=1S/C19H20BrF2N3S2/c1-10-23-18-16(26-10)9-14(20)17(24-18)15(25-27-19(2,3)4)7-11-5-12(21)8-13(22)6-11/h5-6,8-9,15,25H,7H2,1-4H3. The molecule has 0 bridgehead atoms. The minimum absolute atomic E-state index is 0.0285. The van der Waals surface area contributed by atoms with E-state index in [9.17, 15) is 8.78 Å². The van der Waals surface area contributed by atoms with E-state index < -0.39 is 11.6 Å². The summed E-state index contributed by atoms with van der Waals surface area (Å²) in [5.74, 6) is -1.16. The first-order valence-electron chi connectivity index (χ1n) is 8.43. The van der Waals surface area contributed by atoms with E-state index >= 15 is 0 Å². The number of aromatic nitrogens is 2. The van der Waals surface area contributed by atoms with Gasteiger partial charge < -0.3 is 0 Å². The van der Waals surface area contributed by atoms with Gasteiger partial charge in [0.05, 0.1) is 21.4 Å². The van der Waals surface area contributed by atoms with Crippen molar-refractivity contribution in [3.05, 3.63) is 56.6 Å². The van der Waals surface area contributed by atoms with Crippen LogP contribution in [-0.4, -0.2) is 14.7 Å². The zero-order valence-electron chi connectivity index (χ0n) is 15.4. The average Bonchev–Trinajstić information content (AvgIpc) is 2.88. The lowest BCUT2D eigenvalue weighted by molar-refractivity contribution is 0.572. The van der Waals surface area contributed by atoms with Crippen LogP contribution in [0.2, 0.25) is 0 Å². The molecule has 8 heteroatoms. The molecule has 0 spiro atoms. The number of benzene rings is 1. The number of aryl methyl sites for hydroxylation is 1. The van der Waals surface area contributed by atoms with Crippen LogP contribution in [0.15, 0.2) is 28.7 Å². The molecule has 0 fully saturated rings. The number of hydrogen-bond donors (Lipinski definition) is 1. The Morgan fingerprint density at radius 1 is 1.15 bits per heavy atom. The minimum Gasteiger partial charge on any atom is -0.254 e. The first-order valence-corrected chi connectivity index (χ1v) is 10.9. The molecule has 144 valence electrons. The van der Waals surface area contributed by atoms with E-state index in [1.54, 1.807) is 23.3 Å². The number of rotatable bonds is 5. The lowest BCUT2D eigenvalue weighted by Gasteiger charge is -2.24. The predicted molar refractivity (Wildman–Crippen MR) is 113 cm³/mol. The van der Waals surface area contributed by atoms with Crippen LogP contribution in [0, 0.1) is 18.6 Å². The topological polar surface area (TPSA) is 37.8 Å². The summed E-state index contributed by atoms with van der Waals surface area (Å²) in [6.45, 7) is 8.23. The number of hydrogen-bond acceptors (Lipinski definition) is 5. The molecule has 0 saturated heterocycles.